The summed E-state index contributed by atoms with van der Waals surface area (Å²) in [5.41, 5.74) is 11.2. The number of Topliss-reactive ketones (excluding diaryl/α,β-unsaturated/α-hetero) is 1. The van der Waals surface area contributed by atoms with E-state index in [1.807, 2.05) is 37.3 Å². The Morgan fingerprint density at radius 1 is 1.23 bits per heavy atom. The van der Waals surface area contributed by atoms with E-state index in [1.165, 1.54) is 0 Å². The van der Waals surface area contributed by atoms with Crippen molar-refractivity contribution in [1.29, 1.82) is 0 Å². The lowest BCUT2D eigenvalue weighted by Gasteiger charge is -2.30. The van der Waals surface area contributed by atoms with Gasteiger partial charge < -0.3 is 11.5 Å². The molecule has 1 aliphatic rings. The maximum absolute atomic E-state index is 12.8. The third-order valence-electron chi connectivity index (χ3n) is 5.05. The fourth-order valence-electron chi connectivity index (χ4n) is 3.43. The minimum absolute atomic E-state index is 0.192. The summed E-state index contributed by atoms with van der Waals surface area (Å²) < 4.78 is 0. The summed E-state index contributed by atoms with van der Waals surface area (Å²) >= 11 is 0. The first-order chi connectivity index (χ1) is 10.4. The van der Waals surface area contributed by atoms with Crippen molar-refractivity contribution >= 4 is 11.7 Å². The van der Waals surface area contributed by atoms with Crippen LogP contribution in [0.1, 0.15) is 44.6 Å². The van der Waals surface area contributed by atoms with Crippen molar-refractivity contribution in [3.05, 3.63) is 35.9 Å². The van der Waals surface area contributed by atoms with E-state index in [-0.39, 0.29) is 18.1 Å². The molecule has 4 N–H and O–H groups in total. The Labute approximate surface area is 132 Å². The molecule has 2 rings (SSSR count). The van der Waals surface area contributed by atoms with Crippen LogP contribution >= 0.6 is 0 Å². The summed E-state index contributed by atoms with van der Waals surface area (Å²) in [4.78, 5) is 24.7. The zero-order chi connectivity index (χ0) is 16.2. The number of nitrogens with two attached hydrogens (primary N) is 2. The second-order valence-electron chi connectivity index (χ2n) is 6.52. The van der Waals surface area contributed by atoms with Gasteiger partial charge in [0.2, 0.25) is 5.91 Å². The Balaban J connectivity index is 2.09. The van der Waals surface area contributed by atoms with Crippen LogP contribution in [0.25, 0.3) is 0 Å². The van der Waals surface area contributed by atoms with E-state index in [0.29, 0.717) is 12.3 Å². The zero-order valence-electron chi connectivity index (χ0n) is 13.3. The van der Waals surface area contributed by atoms with E-state index >= 15 is 0 Å². The number of aryl methyl sites for hydroxylation is 1. The lowest BCUT2D eigenvalue weighted by Crippen LogP contribution is -2.60. The zero-order valence-corrected chi connectivity index (χ0v) is 13.3. The highest BCUT2D eigenvalue weighted by molar-refractivity contribution is 6.10. The highest BCUT2D eigenvalue weighted by Gasteiger charge is 2.44. The Morgan fingerprint density at radius 3 is 2.36 bits per heavy atom. The predicted octanol–water partition coefficient (Wildman–Crippen LogP) is 2.20. The third kappa shape index (κ3) is 3.55. The van der Waals surface area contributed by atoms with E-state index in [9.17, 15) is 9.59 Å². The molecule has 2 atom stereocenters. The quantitative estimate of drug-likeness (QED) is 0.757. The predicted molar refractivity (Wildman–Crippen MR) is 87.0 cm³/mol. The average Bonchev–Trinajstić information content (AvgIpc) is 3.06. The number of carbonyl (C=O) groups is 2. The number of primary amides is 1. The van der Waals surface area contributed by atoms with Crippen molar-refractivity contribution in [3.63, 3.8) is 0 Å². The minimum Gasteiger partial charge on any atom is -0.368 e. The standard InChI is InChI=1S/C18H26N2O2/c1-13(15-9-5-6-10-15)16(21)18(20,17(19)22)12-11-14-7-3-2-4-8-14/h2-4,7-8,13,15H,5-6,9-12,20H2,1H3,(H2,19,22). The molecule has 1 saturated carbocycles. The summed E-state index contributed by atoms with van der Waals surface area (Å²) in [7, 11) is 0. The second kappa shape index (κ2) is 7.05. The Morgan fingerprint density at radius 2 is 1.82 bits per heavy atom. The molecular formula is C18H26N2O2. The van der Waals surface area contributed by atoms with Gasteiger partial charge in [-0.05, 0) is 37.2 Å². The van der Waals surface area contributed by atoms with E-state index in [0.717, 1.165) is 31.2 Å². The van der Waals surface area contributed by atoms with Crippen LogP contribution < -0.4 is 11.5 Å². The van der Waals surface area contributed by atoms with Crippen molar-refractivity contribution in [3.8, 4) is 0 Å². The minimum atomic E-state index is -1.56. The first kappa shape index (κ1) is 16.7. The first-order valence-corrected chi connectivity index (χ1v) is 8.12. The largest absolute Gasteiger partial charge is 0.368 e. The normalized spacial score (nSPS) is 19.5. The van der Waals surface area contributed by atoms with Gasteiger partial charge in [-0.3, -0.25) is 9.59 Å². The molecule has 120 valence electrons. The van der Waals surface area contributed by atoms with Crippen LogP contribution in [-0.4, -0.2) is 17.2 Å². The molecule has 1 aromatic carbocycles. The van der Waals surface area contributed by atoms with Gasteiger partial charge in [0.1, 0.15) is 0 Å². The smallest absolute Gasteiger partial charge is 0.245 e. The molecule has 4 heteroatoms. The number of rotatable bonds is 7. The number of ketones is 1. The highest BCUT2D eigenvalue weighted by atomic mass is 16.2. The van der Waals surface area contributed by atoms with Crippen LogP contribution in [0.4, 0.5) is 0 Å². The van der Waals surface area contributed by atoms with Crippen molar-refractivity contribution in [2.75, 3.05) is 0 Å². The molecule has 0 heterocycles. The molecule has 0 aromatic heterocycles. The number of carbonyl (C=O) groups excluding carboxylic acids is 2. The third-order valence-corrected chi connectivity index (χ3v) is 5.05. The van der Waals surface area contributed by atoms with Crippen LogP contribution in [0.5, 0.6) is 0 Å². The Bertz CT molecular complexity index is 523. The van der Waals surface area contributed by atoms with Gasteiger partial charge in [0.05, 0.1) is 0 Å². The molecule has 0 aliphatic heterocycles. The fraction of sp³-hybridized carbons (Fsp3) is 0.556. The van der Waals surface area contributed by atoms with Crippen LogP contribution in [0.3, 0.4) is 0 Å². The van der Waals surface area contributed by atoms with E-state index in [2.05, 4.69) is 0 Å². The van der Waals surface area contributed by atoms with Crippen LogP contribution in [0, 0.1) is 11.8 Å². The van der Waals surface area contributed by atoms with Crippen LogP contribution in [0.15, 0.2) is 30.3 Å². The summed E-state index contributed by atoms with van der Waals surface area (Å²) in [6.07, 6.45) is 5.23. The summed E-state index contributed by atoms with van der Waals surface area (Å²) in [5, 5.41) is 0. The average molecular weight is 302 g/mol. The molecule has 0 saturated heterocycles. The maximum atomic E-state index is 12.8. The fourth-order valence-corrected chi connectivity index (χ4v) is 3.43. The van der Waals surface area contributed by atoms with Crippen LogP contribution in [0.2, 0.25) is 0 Å². The van der Waals surface area contributed by atoms with E-state index in [4.69, 9.17) is 11.5 Å². The highest BCUT2D eigenvalue weighted by Crippen LogP contribution is 2.34. The van der Waals surface area contributed by atoms with Gasteiger partial charge in [0.25, 0.3) is 0 Å². The first-order valence-electron chi connectivity index (χ1n) is 8.12. The van der Waals surface area contributed by atoms with Gasteiger partial charge >= 0.3 is 0 Å². The van der Waals surface area contributed by atoms with Gasteiger partial charge in [-0.2, -0.15) is 0 Å². The van der Waals surface area contributed by atoms with E-state index < -0.39 is 11.4 Å². The molecule has 4 nitrogen and oxygen atoms in total. The second-order valence-corrected chi connectivity index (χ2v) is 6.52. The van der Waals surface area contributed by atoms with Crippen LogP contribution in [-0.2, 0) is 16.0 Å². The SMILES string of the molecule is CC(C(=O)C(N)(CCc1ccccc1)C(N)=O)C1CCCC1. The molecule has 2 unspecified atom stereocenters. The summed E-state index contributed by atoms with van der Waals surface area (Å²) in [5.74, 6) is -0.761. The molecule has 0 bridgehead atoms. The lowest BCUT2D eigenvalue weighted by atomic mass is 9.77. The van der Waals surface area contributed by atoms with Gasteiger partial charge in [-0.1, -0.05) is 50.1 Å². The molecule has 0 radical (unpaired) electrons. The number of hydrogen-bond donors (Lipinski definition) is 2. The Kier molecular flexibility index (Phi) is 5.35. The summed E-state index contributed by atoms with van der Waals surface area (Å²) in [6.45, 7) is 1.89. The topological polar surface area (TPSA) is 86.2 Å². The van der Waals surface area contributed by atoms with Crippen molar-refractivity contribution in [2.24, 2.45) is 23.3 Å². The van der Waals surface area contributed by atoms with Gasteiger partial charge in [-0.15, -0.1) is 0 Å². The molecule has 1 aliphatic carbocycles. The van der Waals surface area contributed by atoms with Gasteiger partial charge in [0, 0.05) is 5.92 Å². The molecule has 1 aromatic rings. The maximum Gasteiger partial charge on any atom is 0.245 e. The molecule has 1 fully saturated rings. The van der Waals surface area contributed by atoms with E-state index in [1.54, 1.807) is 0 Å². The lowest BCUT2D eigenvalue weighted by molar-refractivity contribution is -0.137. The van der Waals surface area contributed by atoms with Crippen molar-refractivity contribution in [2.45, 2.75) is 51.0 Å². The molecule has 1 amide bonds. The molecule has 0 spiro atoms. The number of hydrogen-bond acceptors (Lipinski definition) is 3. The monoisotopic (exact) mass is 302 g/mol. The molecular weight excluding hydrogens is 276 g/mol. The molecule has 22 heavy (non-hydrogen) atoms. The Hall–Kier alpha value is -1.68. The van der Waals surface area contributed by atoms with Crippen molar-refractivity contribution in [1.82, 2.24) is 0 Å². The summed E-state index contributed by atoms with van der Waals surface area (Å²) in [6, 6.07) is 9.72. The van der Waals surface area contributed by atoms with Gasteiger partial charge in [0.15, 0.2) is 11.3 Å². The van der Waals surface area contributed by atoms with Crippen molar-refractivity contribution < 1.29 is 9.59 Å². The number of benzene rings is 1. The number of amides is 1. The van der Waals surface area contributed by atoms with Gasteiger partial charge in [-0.25, -0.2) is 0 Å².